The summed E-state index contributed by atoms with van der Waals surface area (Å²) < 4.78 is 2.04. The molecule has 2 aliphatic heterocycles. The van der Waals surface area contributed by atoms with Gasteiger partial charge in [0, 0.05) is 42.3 Å². The first kappa shape index (κ1) is 19.9. The molecule has 1 saturated heterocycles. The Morgan fingerprint density at radius 1 is 1.21 bits per heavy atom. The van der Waals surface area contributed by atoms with Crippen molar-refractivity contribution in [3.63, 3.8) is 0 Å². The zero-order valence-electron chi connectivity index (χ0n) is 16.0. The van der Waals surface area contributed by atoms with Crippen molar-refractivity contribution in [3.8, 4) is 0 Å². The van der Waals surface area contributed by atoms with Gasteiger partial charge >= 0.3 is 0 Å². The molecular formula is C19H25ClN8S. The van der Waals surface area contributed by atoms with Gasteiger partial charge in [-0.1, -0.05) is 23.4 Å². The van der Waals surface area contributed by atoms with E-state index in [0.717, 1.165) is 43.1 Å². The van der Waals surface area contributed by atoms with Crippen molar-refractivity contribution in [1.82, 2.24) is 19.7 Å². The summed E-state index contributed by atoms with van der Waals surface area (Å²) in [4.78, 5) is 6.88. The van der Waals surface area contributed by atoms with Gasteiger partial charge in [-0.3, -0.25) is 4.68 Å². The van der Waals surface area contributed by atoms with Crippen LogP contribution in [-0.2, 0) is 6.54 Å². The number of halogens is 1. The summed E-state index contributed by atoms with van der Waals surface area (Å²) in [5.41, 5.74) is 25.9. The number of thioether (sulfide) groups is 1. The molecule has 2 aliphatic rings. The second kappa shape index (κ2) is 7.81. The minimum absolute atomic E-state index is 0.0295. The Bertz CT molecular complexity index is 961. The summed E-state index contributed by atoms with van der Waals surface area (Å²) in [6.07, 6.45) is 9.00. The molecule has 1 fully saturated rings. The van der Waals surface area contributed by atoms with Gasteiger partial charge in [0.1, 0.15) is 5.82 Å². The van der Waals surface area contributed by atoms with Gasteiger partial charge in [0.05, 0.1) is 27.6 Å². The molecule has 0 saturated carbocycles. The normalized spacial score (nSPS) is 21.6. The number of nitrogen functional groups attached to an aromatic ring is 1. The zero-order chi connectivity index (χ0) is 20.6. The topological polar surface area (TPSA) is 138 Å². The molecule has 0 bridgehead atoms. The first-order valence-electron chi connectivity index (χ1n) is 9.43. The lowest BCUT2D eigenvalue weighted by molar-refractivity contribution is 0.0983. The third kappa shape index (κ3) is 3.77. The van der Waals surface area contributed by atoms with Gasteiger partial charge in [-0.2, -0.15) is 5.10 Å². The highest BCUT2D eigenvalue weighted by Gasteiger charge is 2.46. The second-order valence-electron chi connectivity index (χ2n) is 7.51. The summed E-state index contributed by atoms with van der Waals surface area (Å²) >= 11 is 7.49. The predicted molar refractivity (Wildman–Crippen MR) is 116 cm³/mol. The monoisotopic (exact) mass is 432 g/mol. The Hall–Kier alpha value is -2.36. The van der Waals surface area contributed by atoms with E-state index in [4.69, 9.17) is 34.5 Å². The van der Waals surface area contributed by atoms with Crippen LogP contribution in [-0.4, -0.2) is 32.8 Å². The Balaban J connectivity index is 1.37. The van der Waals surface area contributed by atoms with E-state index in [1.54, 1.807) is 18.3 Å². The molecule has 0 aliphatic carbocycles. The van der Waals surface area contributed by atoms with Crippen LogP contribution in [0.15, 0.2) is 52.4 Å². The van der Waals surface area contributed by atoms with Crippen molar-refractivity contribution in [2.75, 3.05) is 18.8 Å². The fourth-order valence-corrected chi connectivity index (χ4v) is 5.02. The van der Waals surface area contributed by atoms with Crippen molar-refractivity contribution in [2.24, 2.45) is 22.6 Å². The molecule has 0 aromatic carbocycles. The minimum Gasteiger partial charge on any atom is -0.393 e. The van der Waals surface area contributed by atoms with E-state index in [9.17, 15) is 0 Å². The summed E-state index contributed by atoms with van der Waals surface area (Å²) in [6.45, 7) is 2.59. The van der Waals surface area contributed by atoms with E-state index in [-0.39, 0.29) is 17.3 Å². The number of piperidine rings is 1. The number of nitrogens with two attached hydrogens (primary N) is 4. The highest BCUT2D eigenvalue weighted by atomic mass is 35.5. The van der Waals surface area contributed by atoms with E-state index in [0.29, 0.717) is 15.9 Å². The average Bonchev–Trinajstić information content (AvgIpc) is 3.26. The molecule has 2 aromatic rings. The van der Waals surface area contributed by atoms with Gasteiger partial charge in [0.25, 0.3) is 0 Å². The Morgan fingerprint density at radius 3 is 2.69 bits per heavy atom. The third-order valence-electron chi connectivity index (χ3n) is 5.84. The minimum atomic E-state index is 0.0295. The molecule has 4 rings (SSSR count). The van der Waals surface area contributed by atoms with Crippen LogP contribution in [0.1, 0.15) is 24.6 Å². The summed E-state index contributed by atoms with van der Waals surface area (Å²) in [6, 6.07) is 3.83. The molecule has 10 heteroatoms. The van der Waals surface area contributed by atoms with Crippen LogP contribution in [0.3, 0.4) is 0 Å². The quantitative estimate of drug-likeness (QED) is 0.425. The first-order valence-corrected chi connectivity index (χ1v) is 10.6. The molecule has 4 heterocycles. The van der Waals surface area contributed by atoms with Gasteiger partial charge < -0.3 is 27.8 Å². The van der Waals surface area contributed by atoms with E-state index < -0.39 is 0 Å². The number of pyridine rings is 1. The maximum atomic E-state index is 6.54. The Morgan fingerprint density at radius 2 is 1.97 bits per heavy atom. The Labute approximate surface area is 178 Å². The largest absolute Gasteiger partial charge is 0.393 e. The number of likely N-dealkylation sites (tertiary alicyclic amines) is 1. The van der Waals surface area contributed by atoms with Crippen LogP contribution in [0.25, 0.3) is 0 Å². The van der Waals surface area contributed by atoms with Gasteiger partial charge in [-0.25, -0.2) is 4.98 Å². The average molecular weight is 433 g/mol. The van der Waals surface area contributed by atoms with Gasteiger partial charge in [-0.15, -0.1) is 0 Å². The fourth-order valence-electron chi connectivity index (χ4n) is 4.08. The number of hydrogen-bond acceptors (Lipinski definition) is 8. The van der Waals surface area contributed by atoms with E-state index in [1.807, 2.05) is 23.0 Å². The second-order valence-corrected chi connectivity index (χ2v) is 9.01. The SMILES string of the molecule is N/C(=C\C=C(/N)N1CCC2(CC1)Cn1nccc1C2N)Sc1ccnc(N)c1Cl. The van der Waals surface area contributed by atoms with Crippen LogP contribution in [0.4, 0.5) is 5.82 Å². The lowest BCUT2D eigenvalue weighted by atomic mass is 9.73. The summed E-state index contributed by atoms with van der Waals surface area (Å²) in [5, 5.41) is 5.36. The summed E-state index contributed by atoms with van der Waals surface area (Å²) in [7, 11) is 0. The number of nitrogens with zero attached hydrogens (tertiary/aromatic N) is 4. The molecule has 1 spiro atoms. The zero-order valence-corrected chi connectivity index (χ0v) is 17.5. The lowest BCUT2D eigenvalue weighted by Crippen LogP contribution is -2.45. The van der Waals surface area contributed by atoms with Crippen LogP contribution in [0.5, 0.6) is 0 Å². The van der Waals surface area contributed by atoms with Crippen molar-refractivity contribution >= 4 is 29.2 Å². The van der Waals surface area contributed by atoms with Crippen LogP contribution in [0, 0.1) is 5.41 Å². The summed E-state index contributed by atoms with van der Waals surface area (Å²) in [5.74, 6) is 0.974. The number of fused-ring (bicyclic) bond motifs is 1. The van der Waals surface area contributed by atoms with Crippen molar-refractivity contribution in [1.29, 1.82) is 0 Å². The van der Waals surface area contributed by atoms with Crippen LogP contribution >= 0.6 is 23.4 Å². The Kier molecular flexibility index (Phi) is 5.37. The number of allylic oxidation sites excluding steroid dienone is 2. The van der Waals surface area contributed by atoms with Crippen LogP contribution in [0.2, 0.25) is 5.02 Å². The molecule has 0 radical (unpaired) electrons. The maximum absolute atomic E-state index is 6.54. The maximum Gasteiger partial charge on any atom is 0.143 e. The molecule has 29 heavy (non-hydrogen) atoms. The number of aromatic nitrogens is 3. The third-order valence-corrected chi connectivity index (χ3v) is 7.28. The van der Waals surface area contributed by atoms with Crippen molar-refractivity contribution < 1.29 is 0 Å². The number of rotatable bonds is 4. The standard InChI is InChI=1S/C19H25ClN8S/c20-16-13(4-7-25-18(16)24)29-15(22)2-1-14(21)27-9-5-19(6-10-27)11-28-12(17(19)23)3-8-26-28/h1-4,7-8,17H,5-6,9-11,21-23H2,(H2,24,25)/b14-1+,15-2+. The highest BCUT2D eigenvalue weighted by Crippen LogP contribution is 2.47. The molecule has 1 atom stereocenters. The molecule has 154 valence electrons. The highest BCUT2D eigenvalue weighted by molar-refractivity contribution is 8.03. The lowest BCUT2D eigenvalue weighted by Gasteiger charge is -2.42. The number of hydrogen-bond donors (Lipinski definition) is 4. The van der Waals surface area contributed by atoms with Crippen molar-refractivity contribution in [3.05, 3.63) is 58.2 Å². The molecule has 8 nitrogen and oxygen atoms in total. The fraction of sp³-hybridized carbons (Fsp3) is 0.368. The molecule has 1 unspecified atom stereocenters. The molecule has 8 N–H and O–H groups in total. The van der Waals surface area contributed by atoms with E-state index >= 15 is 0 Å². The molecular weight excluding hydrogens is 408 g/mol. The molecule has 0 amide bonds. The van der Waals surface area contributed by atoms with Gasteiger partial charge in [0.15, 0.2) is 0 Å². The first-order chi connectivity index (χ1) is 13.9. The van der Waals surface area contributed by atoms with Gasteiger partial charge in [0.2, 0.25) is 0 Å². The van der Waals surface area contributed by atoms with E-state index in [2.05, 4.69) is 15.0 Å². The van der Waals surface area contributed by atoms with E-state index in [1.165, 1.54) is 11.8 Å². The number of anilines is 1. The predicted octanol–water partition coefficient (Wildman–Crippen LogP) is 2.00. The van der Waals surface area contributed by atoms with Gasteiger partial charge in [-0.05, 0) is 37.1 Å². The van der Waals surface area contributed by atoms with Crippen molar-refractivity contribution in [2.45, 2.75) is 30.3 Å². The van der Waals surface area contributed by atoms with Crippen LogP contribution < -0.4 is 22.9 Å². The smallest absolute Gasteiger partial charge is 0.143 e. The molecule has 2 aromatic heterocycles.